The number of ether oxygens (including phenoxy) is 1. The molecule has 6 nitrogen and oxygen atoms in total. The first-order valence-corrected chi connectivity index (χ1v) is 31.3. The minimum Gasteiger partial charge on any atom is -0.466 e. The van der Waals surface area contributed by atoms with Gasteiger partial charge < -0.3 is 20.3 Å². The second kappa shape index (κ2) is 58.4. The first kappa shape index (κ1) is 66.9. The summed E-state index contributed by atoms with van der Waals surface area (Å²) >= 11 is 0. The second-order valence-corrected chi connectivity index (χ2v) is 21.8. The van der Waals surface area contributed by atoms with Crippen molar-refractivity contribution in [2.24, 2.45) is 0 Å². The van der Waals surface area contributed by atoms with E-state index in [0.717, 1.165) is 38.5 Å². The Labute approximate surface area is 426 Å². The third-order valence-electron chi connectivity index (χ3n) is 14.9. The van der Waals surface area contributed by atoms with Gasteiger partial charge in [-0.25, -0.2) is 0 Å². The third-order valence-corrected chi connectivity index (χ3v) is 14.9. The lowest BCUT2D eigenvalue weighted by molar-refractivity contribution is -0.143. The molecule has 3 N–H and O–H groups in total. The molecule has 0 spiro atoms. The molecule has 0 aliphatic carbocycles. The van der Waals surface area contributed by atoms with E-state index < -0.39 is 12.1 Å². The van der Waals surface area contributed by atoms with Gasteiger partial charge in [0.1, 0.15) is 0 Å². The van der Waals surface area contributed by atoms with Gasteiger partial charge in [-0.05, 0) is 25.7 Å². The van der Waals surface area contributed by atoms with Crippen LogP contribution in [0.5, 0.6) is 0 Å². The van der Waals surface area contributed by atoms with E-state index in [-0.39, 0.29) is 18.5 Å². The maximum Gasteiger partial charge on any atom is 0.305 e. The molecule has 406 valence electrons. The number of aliphatic hydroxyl groups excluding tert-OH is 2. The number of esters is 1. The van der Waals surface area contributed by atoms with E-state index in [0.29, 0.717) is 25.9 Å². The van der Waals surface area contributed by atoms with Crippen molar-refractivity contribution < 1.29 is 24.5 Å². The zero-order valence-corrected chi connectivity index (χ0v) is 46.4. The molecule has 0 fully saturated rings. The summed E-state index contributed by atoms with van der Waals surface area (Å²) in [7, 11) is 0. The van der Waals surface area contributed by atoms with Gasteiger partial charge in [-0.15, -0.1) is 0 Å². The molecule has 0 heterocycles. The van der Waals surface area contributed by atoms with Crippen LogP contribution in [0.25, 0.3) is 0 Å². The van der Waals surface area contributed by atoms with E-state index in [9.17, 15) is 19.8 Å². The highest BCUT2D eigenvalue weighted by Crippen LogP contribution is 2.19. The number of rotatable bonds is 59. The van der Waals surface area contributed by atoms with Crippen LogP contribution in [0.3, 0.4) is 0 Å². The van der Waals surface area contributed by atoms with Crippen LogP contribution < -0.4 is 5.32 Å². The van der Waals surface area contributed by atoms with E-state index in [1.807, 2.05) is 0 Å². The van der Waals surface area contributed by atoms with E-state index in [1.165, 1.54) is 289 Å². The smallest absolute Gasteiger partial charge is 0.305 e. The van der Waals surface area contributed by atoms with Gasteiger partial charge in [0.2, 0.25) is 5.91 Å². The summed E-state index contributed by atoms with van der Waals surface area (Å²) in [5.74, 6) is -0.0194. The fourth-order valence-corrected chi connectivity index (χ4v) is 10.1. The second-order valence-electron chi connectivity index (χ2n) is 21.8. The van der Waals surface area contributed by atoms with Gasteiger partial charge in [-0.1, -0.05) is 322 Å². The molecular formula is C62H123NO5. The SMILES string of the molecule is CCCCCCCCCCCCCCCCCCCCC(O)C(CO)NC(=O)CCCCCCCCCCCCCCCCCCCCCCOC(=O)CCCCCCCCCCCCCCC. The molecule has 0 radical (unpaired) electrons. The molecule has 2 unspecified atom stereocenters. The summed E-state index contributed by atoms with van der Waals surface area (Å²) in [6.45, 7) is 4.98. The average molecular weight is 963 g/mol. The van der Waals surface area contributed by atoms with Crippen molar-refractivity contribution >= 4 is 11.9 Å². The van der Waals surface area contributed by atoms with Crippen molar-refractivity contribution in [3.05, 3.63) is 0 Å². The lowest BCUT2D eigenvalue weighted by Gasteiger charge is -2.22. The van der Waals surface area contributed by atoms with Crippen LogP contribution in [0.4, 0.5) is 0 Å². The van der Waals surface area contributed by atoms with Crippen molar-refractivity contribution in [1.29, 1.82) is 0 Å². The molecule has 0 saturated carbocycles. The predicted octanol–water partition coefficient (Wildman–Crippen LogP) is 19.5. The Bertz CT molecular complexity index is 975. The Morgan fingerprint density at radius 2 is 0.603 bits per heavy atom. The fourth-order valence-electron chi connectivity index (χ4n) is 10.1. The highest BCUT2D eigenvalue weighted by Gasteiger charge is 2.20. The first-order chi connectivity index (χ1) is 33.5. The summed E-state index contributed by atoms with van der Waals surface area (Å²) in [6, 6.07) is -0.542. The predicted molar refractivity (Wildman–Crippen MR) is 297 cm³/mol. The molecule has 0 aromatic carbocycles. The molecule has 0 aliphatic rings. The number of aliphatic hydroxyl groups is 2. The lowest BCUT2D eigenvalue weighted by Crippen LogP contribution is -2.45. The van der Waals surface area contributed by atoms with E-state index in [4.69, 9.17) is 4.74 Å². The van der Waals surface area contributed by atoms with Gasteiger partial charge in [-0.2, -0.15) is 0 Å². The van der Waals surface area contributed by atoms with Crippen LogP contribution in [-0.2, 0) is 14.3 Å². The molecule has 6 heteroatoms. The topological polar surface area (TPSA) is 95.9 Å². The molecule has 0 saturated heterocycles. The molecule has 0 bridgehead atoms. The van der Waals surface area contributed by atoms with Crippen molar-refractivity contribution in [3.8, 4) is 0 Å². The maximum atomic E-state index is 12.5. The summed E-state index contributed by atoms with van der Waals surface area (Å²) in [5.41, 5.74) is 0. The molecule has 0 aromatic heterocycles. The third kappa shape index (κ3) is 54.2. The molecule has 68 heavy (non-hydrogen) atoms. The summed E-state index contributed by atoms with van der Waals surface area (Å²) in [4.78, 5) is 24.5. The van der Waals surface area contributed by atoms with Crippen LogP contribution in [-0.4, -0.2) is 47.4 Å². The van der Waals surface area contributed by atoms with Crippen LogP contribution in [0.1, 0.15) is 361 Å². The Morgan fingerprint density at radius 3 is 0.897 bits per heavy atom. The highest BCUT2D eigenvalue weighted by molar-refractivity contribution is 5.76. The van der Waals surface area contributed by atoms with Crippen LogP contribution in [0.2, 0.25) is 0 Å². The van der Waals surface area contributed by atoms with Gasteiger partial charge in [0, 0.05) is 12.8 Å². The summed E-state index contributed by atoms with van der Waals surface area (Å²) in [6.07, 6.45) is 68.2. The quantitative estimate of drug-likeness (QED) is 0.0417. The van der Waals surface area contributed by atoms with Crippen molar-refractivity contribution in [2.75, 3.05) is 13.2 Å². The highest BCUT2D eigenvalue weighted by atomic mass is 16.5. The molecule has 0 aliphatic heterocycles. The molecule has 0 rings (SSSR count). The van der Waals surface area contributed by atoms with Gasteiger partial charge in [0.05, 0.1) is 25.4 Å². The van der Waals surface area contributed by atoms with Gasteiger partial charge in [0.15, 0.2) is 0 Å². The van der Waals surface area contributed by atoms with E-state index in [1.54, 1.807) is 0 Å². The number of unbranched alkanes of at least 4 members (excludes halogenated alkanes) is 48. The van der Waals surface area contributed by atoms with Gasteiger partial charge in [0.25, 0.3) is 0 Å². The minimum atomic E-state index is -0.665. The number of carbonyl (C=O) groups excluding carboxylic acids is 2. The number of hydrogen-bond acceptors (Lipinski definition) is 5. The van der Waals surface area contributed by atoms with E-state index >= 15 is 0 Å². The molecule has 1 amide bonds. The number of amides is 1. The maximum absolute atomic E-state index is 12.5. The molecule has 0 aromatic rings. The Morgan fingerprint density at radius 1 is 0.353 bits per heavy atom. The van der Waals surface area contributed by atoms with Gasteiger partial charge >= 0.3 is 5.97 Å². The summed E-state index contributed by atoms with van der Waals surface area (Å²) < 4.78 is 5.48. The van der Waals surface area contributed by atoms with Crippen molar-refractivity contribution in [3.63, 3.8) is 0 Å². The van der Waals surface area contributed by atoms with Crippen LogP contribution >= 0.6 is 0 Å². The monoisotopic (exact) mass is 962 g/mol. The Hall–Kier alpha value is -1.14. The first-order valence-electron chi connectivity index (χ1n) is 31.3. The zero-order chi connectivity index (χ0) is 49.3. The van der Waals surface area contributed by atoms with Crippen molar-refractivity contribution in [1.82, 2.24) is 5.32 Å². The summed E-state index contributed by atoms with van der Waals surface area (Å²) in [5, 5.41) is 23.3. The normalized spacial score (nSPS) is 12.5. The average Bonchev–Trinajstić information content (AvgIpc) is 3.34. The van der Waals surface area contributed by atoms with E-state index in [2.05, 4.69) is 19.2 Å². The number of nitrogens with one attached hydrogen (secondary N) is 1. The minimum absolute atomic E-state index is 0.0133. The Kier molecular flexibility index (Phi) is 57.5. The fraction of sp³-hybridized carbons (Fsp3) is 0.968. The Balaban J connectivity index is 3.38. The molecular weight excluding hydrogens is 839 g/mol. The van der Waals surface area contributed by atoms with Crippen LogP contribution in [0.15, 0.2) is 0 Å². The van der Waals surface area contributed by atoms with Crippen molar-refractivity contribution in [2.45, 2.75) is 373 Å². The largest absolute Gasteiger partial charge is 0.466 e. The number of hydrogen-bond donors (Lipinski definition) is 3. The number of carbonyl (C=O) groups is 2. The zero-order valence-electron chi connectivity index (χ0n) is 46.4. The lowest BCUT2D eigenvalue weighted by atomic mass is 10.0. The van der Waals surface area contributed by atoms with Gasteiger partial charge in [-0.3, -0.25) is 9.59 Å². The molecule has 2 atom stereocenters. The van der Waals surface area contributed by atoms with Crippen LogP contribution in [0, 0.1) is 0 Å². The standard InChI is InChI=1S/C62H123NO5/c1-3-5-7-9-11-13-15-17-18-19-24-27-31-34-38-42-46-50-54-60(65)59(58-64)63-61(66)55-51-47-43-39-35-32-28-25-22-20-21-23-26-29-33-37-41-45-49-53-57-68-62(67)56-52-48-44-40-36-30-16-14-12-10-8-6-4-2/h59-60,64-65H,3-58H2,1-2H3,(H,63,66).